The number of nitrogens with zero attached hydrogens (tertiary/aromatic N) is 1. The van der Waals surface area contributed by atoms with Crippen LogP contribution in [0.15, 0.2) is 40.6 Å². The first kappa shape index (κ1) is 19.9. The molecule has 0 unspecified atom stereocenters. The summed E-state index contributed by atoms with van der Waals surface area (Å²) < 4.78 is 39.1. The second kappa shape index (κ2) is 8.79. The van der Waals surface area contributed by atoms with Crippen molar-refractivity contribution in [3.63, 3.8) is 0 Å². The normalized spacial score (nSPS) is 11.7. The third-order valence-electron chi connectivity index (χ3n) is 3.32. The Kier molecular flexibility index (Phi) is 7.00. The molecular formula is C16H19FN2O3S3. The molecule has 9 heteroatoms. The number of halogens is 1. The number of sulfonamides is 1. The van der Waals surface area contributed by atoms with Gasteiger partial charge in [0, 0.05) is 37.0 Å². The van der Waals surface area contributed by atoms with Crippen LogP contribution in [0.2, 0.25) is 0 Å². The van der Waals surface area contributed by atoms with E-state index in [1.54, 1.807) is 23.1 Å². The minimum Gasteiger partial charge on any atom is -0.351 e. The minimum atomic E-state index is -3.72. The molecular weight excluding hydrogens is 383 g/mol. The average molecular weight is 403 g/mol. The van der Waals surface area contributed by atoms with Crippen molar-refractivity contribution in [3.8, 4) is 0 Å². The Balaban J connectivity index is 1.94. The monoisotopic (exact) mass is 402 g/mol. The first-order chi connectivity index (χ1) is 11.8. The Morgan fingerprint density at radius 3 is 2.72 bits per heavy atom. The van der Waals surface area contributed by atoms with E-state index in [0.717, 1.165) is 28.3 Å². The maximum absolute atomic E-state index is 13.9. The lowest BCUT2D eigenvalue weighted by Gasteiger charge is -2.13. The van der Waals surface area contributed by atoms with E-state index in [9.17, 15) is 17.6 Å². The largest absolute Gasteiger partial charge is 0.351 e. The summed E-state index contributed by atoms with van der Waals surface area (Å²) in [7, 11) is -0.964. The molecule has 5 nitrogen and oxygen atoms in total. The van der Waals surface area contributed by atoms with Gasteiger partial charge in [-0.05, 0) is 29.6 Å². The lowest BCUT2D eigenvalue weighted by molar-refractivity contribution is 0.0952. The Morgan fingerprint density at radius 2 is 2.08 bits per heavy atom. The molecule has 25 heavy (non-hydrogen) atoms. The van der Waals surface area contributed by atoms with Crippen molar-refractivity contribution in [2.24, 2.45) is 0 Å². The van der Waals surface area contributed by atoms with E-state index in [4.69, 9.17) is 0 Å². The van der Waals surface area contributed by atoms with Gasteiger partial charge in [-0.1, -0.05) is 6.07 Å². The maximum Gasteiger partial charge on any atom is 0.254 e. The molecule has 1 aromatic heterocycles. The Labute approximate surface area is 155 Å². The number of hydrogen-bond acceptors (Lipinski definition) is 5. The van der Waals surface area contributed by atoms with Crippen molar-refractivity contribution in [2.75, 3.05) is 26.4 Å². The van der Waals surface area contributed by atoms with Crippen molar-refractivity contribution in [1.82, 2.24) is 9.62 Å². The summed E-state index contributed by atoms with van der Waals surface area (Å²) >= 11 is 3.34. The van der Waals surface area contributed by atoms with Gasteiger partial charge in [0.15, 0.2) is 0 Å². The molecule has 0 bridgehead atoms. The number of hydrogen-bond donors (Lipinski definition) is 1. The standard InChI is InChI=1S/C16H19FN2O3S3/c1-19(2)25(21,22)13-5-6-15(17)14(10-13)16(20)18-7-9-23-11-12-4-3-8-24-12/h3-6,8,10H,7,9,11H2,1-2H3,(H,18,20). The number of carbonyl (C=O) groups is 1. The maximum atomic E-state index is 13.9. The van der Waals surface area contributed by atoms with E-state index < -0.39 is 21.7 Å². The topological polar surface area (TPSA) is 66.5 Å². The fourth-order valence-corrected chi connectivity index (χ4v) is 4.58. The molecule has 0 radical (unpaired) electrons. The van der Waals surface area contributed by atoms with Crippen LogP contribution in [0.5, 0.6) is 0 Å². The lowest BCUT2D eigenvalue weighted by Crippen LogP contribution is -2.27. The highest BCUT2D eigenvalue weighted by atomic mass is 32.2. The Bertz CT molecular complexity index is 821. The molecule has 0 atom stereocenters. The summed E-state index contributed by atoms with van der Waals surface area (Å²) in [6, 6.07) is 7.25. The van der Waals surface area contributed by atoms with Crippen LogP contribution in [-0.2, 0) is 15.8 Å². The second-order valence-corrected chi connectivity index (χ2v) is 9.61. The summed E-state index contributed by atoms with van der Waals surface area (Å²) in [5, 5.41) is 4.63. The fourth-order valence-electron chi connectivity index (χ4n) is 1.95. The third-order valence-corrected chi connectivity index (χ3v) is 7.20. The highest BCUT2D eigenvalue weighted by Crippen LogP contribution is 2.18. The predicted molar refractivity (Wildman–Crippen MR) is 100 cm³/mol. The van der Waals surface area contributed by atoms with Crippen LogP contribution >= 0.6 is 23.1 Å². The quantitative estimate of drug-likeness (QED) is 0.690. The SMILES string of the molecule is CN(C)S(=O)(=O)c1ccc(F)c(C(=O)NCCSCc2cccs2)c1. The highest BCUT2D eigenvalue weighted by molar-refractivity contribution is 7.98. The molecule has 1 N–H and O–H groups in total. The Morgan fingerprint density at radius 1 is 1.32 bits per heavy atom. The van der Waals surface area contributed by atoms with Gasteiger partial charge < -0.3 is 5.32 Å². The van der Waals surface area contributed by atoms with Crippen LogP contribution in [0, 0.1) is 5.82 Å². The van der Waals surface area contributed by atoms with E-state index in [-0.39, 0.29) is 10.5 Å². The number of carbonyl (C=O) groups excluding carboxylic acids is 1. The summed E-state index contributed by atoms with van der Waals surface area (Å²) in [5.74, 6) is 0.172. The van der Waals surface area contributed by atoms with Crippen molar-refractivity contribution >= 4 is 39.0 Å². The van der Waals surface area contributed by atoms with Gasteiger partial charge in [0.1, 0.15) is 5.82 Å². The van der Waals surface area contributed by atoms with Crippen molar-refractivity contribution in [2.45, 2.75) is 10.6 Å². The average Bonchev–Trinajstić information content (AvgIpc) is 3.07. The molecule has 2 aromatic rings. The van der Waals surface area contributed by atoms with E-state index in [2.05, 4.69) is 5.32 Å². The van der Waals surface area contributed by atoms with Crippen LogP contribution in [0.3, 0.4) is 0 Å². The minimum absolute atomic E-state index is 0.115. The molecule has 1 amide bonds. The first-order valence-corrected chi connectivity index (χ1v) is 10.9. The molecule has 0 saturated heterocycles. The number of nitrogens with one attached hydrogen (secondary N) is 1. The third kappa shape index (κ3) is 5.27. The van der Waals surface area contributed by atoms with E-state index in [0.29, 0.717) is 12.3 Å². The van der Waals surface area contributed by atoms with Gasteiger partial charge in [-0.3, -0.25) is 4.79 Å². The highest BCUT2D eigenvalue weighted by Gasteiger charge is 2.21. The van der Waals surface area contributed by atoms with Gasteiger partial charge in [0.25, 0.3) is 5.91 Å². The number of benzene rings is 1. The zero-order valence-corrected chi connectivity index (χ0v) is 16.3. The number of thiophene rings is 1. The molecule has 0 aliphatic heterocycles. The lowest BCUT2D eigenvalue weighted by atomic mass is 10.2. The molecule has 0 fully saturated rings. The Hall–Kier alpha value is -1.42. The summed E-state index contributed by atoms with van der Waals surface area (Å²) in [6.45, 7) is 0.374. The van der Waals surface area contributed by atoms with Gasteiger partial charge in [-0.15, -0.1) is 11.3 Å². The molecule has 2 rings (SSSR count). The predicted octanol–water partition coefficient (Wildman–Crippen LogP) is 2.80. The zero-order valence-electron chi connectivity index (χ0n) is 13.9. The van der Waals surface area contributed by atoms with Crippen molar-refractivity contribution in [3.05, 3.63) is 52.0 Å². The molecule has 0 spiro atoms. The smallest absolute Gasteiger partial charge is 0.254 e. The van der Waals surface area contributed by atoms with Gasteiger partial charge in [0.05, 0.1) is 10.5 Å². The fraction of sp³-hybridized carbons (Fsp3) is 0.312. The van der Waals surface area contributed by atoms with Crippen LogP contribution in [0.25, 0.3) is 0 Å². The van der Waals surface area contributed by atoms with Gasteiger partial charge in [-0.2, -0.15) is 11.8 Å². The molecule has 136 valence electrons. The van der Waals surface area contributed by atoms with Crippen molar-refractivity contribution in [1.29, 1.82) is 0 Å². The number of rotatable bonds is 8. The summed E-state index contributed by atoms with van der Waals surface area (Å²) in [6.07, 6.45) is 0. The van der Waals surface area contributed by atoms with Gasteiger partial charge >= 0.3 is 0 Å². The molecule has 0 saturated carbocycles. The molecule has 0 aliphatic carbocycles. The van der Waals surface area contributed by atoms with Crippen molar-refractivity contribution < 1.29 is 17.6 Å². The van der Waals surface area contributed by atoms with Crippen LogP contribution in [-0.4, -0.2) is 45.0 Å². The van der Waals surface area contributed by atoms with E-state index in [1.165, 1.54) is 19.0 Å². The summed E-state index contributed by atoms with van der Waals surface area (Å²) in [5.41, 5.74) is -0.272. The zero-order chi connectivity index (χ0) is 18.4. The summed E-state index contributed by atoms with van der Waals surface area (Å²) in [4.78, 5) is 13.3. The second-order valence-electron chi connectivity index (χ2n) is 5.32. The van der Waals surface area contributed by atoms with Crippen LogP contribution in [0.1, 0.15) is 15.2 Å². The molecule has 1 heterocycles. The van der Waals surface area contributed by atoms with Gasteiger partial charge in [-0.25, -0.2) is 17.1 Å². The first-order valence-electron chi connectivity index (χ1n) is 7.43. The van der Waals surface area contributed by atoms with Crippen LogP contribution < -0.4 is 5.32 Å². The van der Waals surface area contributed by atoms with E-state index >= 15 is 0 Å². The number of amides is 1. The van der Waals surface area contributed by atoms with E-state index in [1.807, 2.05) is 17.5 Å². The van der Waals surface area contributed by atoms with Gasteiger partial charge in [0.2, 0.25) is 10.0 Å². The van der Waals surface area contributed by atoms with Crippen LogP contribution in [0.4, 0.5) is 4.39 Å². The molecule has 1 aromatic carbocycles. The molecule has 0 aliphatic rings. The number of thioether (sulfide) groups is 1.